The van der Waals surface area contributed by atoms with E-state index in [4.69, 9.17) is 9.47 Å². The van der Waals surface area contributed by atoms with Gasteiger partial charge in [0.1, 0.15) is 0 Å². The number of hydrogen-bond donors (Lipinski definition) is 0. The first-order valence-corrected chi connectivity index (χ1v) is 9.54. The van der Waals surface area contributed by atoms with Gasteiger partial charge in [0.25, 0.3) is 0 Å². The number of rotatable bonds is 5. The quantitative estimate of drug-likeness (QED) is 0.818. The number of nitrogens with zero attached hydrogens (tertiary/aromatic N) is 1. The zero-order valence-corrected chi connectivity index (χ0v) is 13.5. The Morgan fingerprint density at radius 2 is 1.86 bits per heavy atom. The highest BCUT2D eigenvalue weighted by molar-refractivity contribution is 7.91. The fourth-order valence-corrected chi connectivity index (χ4v) is 4.36. The Hall–Kier alpha value is -0.950. The molecule has 0 aromatic heterocycles. The molecule has 122 valence electrons. The maximum absolute atomic E-state index is 12.3. The lowest BCUT2D eigenvalue weighted by Gasteiger charge is -2.35. The van der Waals surface area contributed by atoms with Crippen LogP contribution < -0.4 is 0 Å². The van der Waals surface area contributed by atoms with E-state index >= 15 is 0 Å². The van der Waals surface area contributed by atoms with Crippen LogP contribution in [0.15, 0.2) is 35.2 Å². The summed E-state index contributed by atoms with van der Waals surface area (Å²) < 4.78 is 36.1. The van der Waals surface area contributed by atoms with E-state index in [0.29, 0.717) is 18.0 Å². The third-order valence-electron chi connectivity index (χ3n) is 4.34. The van der Waals surface area contributed by atoms with Crippen LogP contribution in [0.2, 0.25) is 0 Å². The van der Waals surface area contributed by atoms with Crippen LogP contribution in [0.3, 0.4) is 0 Å². The third kappa shape index (κ3) is 3.87. The van der Waals surface area contributed by atoms with Gasteiger partial charge in [-0.25, -0.2) is 8.42 Å². The summed E-state index contributed by atoms with van der Waals surface area (Å²) in [7, 11) is -3.21. The summed E-state index contributed by atoms with van der Waals surface area (Å²) in [5.41, 5.74) is 0. The predicted molar refractivity (Wildman–Crippen MR) is 83.6 cm³/mol. The lowest BCUT2D eigenvalue weighted by Crippen LogP contribution is -2.48. The minimum Gasteiger partial charge on any atom is -0.375 e. The molecule has 2 heterocycles. The van der Waals surface area contributed by atoms with Gasteiger partial charge in [0.2, 0.25) is 0 Å². The molecule has 22 heavy (non-hydrogen) atoms. The normalized spacial score (nSPS) is 27.1. The predicted octanol–water partition coefficient (Wildman–Crippen LogP) is 1.34. The highest BCUT2D eigenvalue weighted by atomic mass is 32.2. The molecule has 2 aliphatic heterocycles. The summed E-state index contributed by atoms with van der Waals surface area (Å²) in [4.78, 5) is 2.58. The lowest BCUT2D eigenvalue weighted by atomic mass is 10.1. The highest BCUT2D eigenvalue weighted by Crippen LogP contribution is 2.21. The van der Waals surface area contributed by atoms with Crippen LogP contribution in [-0.4, -0.2) is 64.1 Å². The van der Waals surface area contributed by atoms with Crippen molar-refractivity contribution in [2.45, 2.75) is 29.9 Å². The molecule has 2 fully saturated rings. The van der Waals surface area contributed by atoms with Crippen molar-refractivity contribution in [1.82, 2.24) is 4.90 Å². The SMILES string of the molecule is O=S(=O)(CCN1CCO[C@H]([C@H]2CCCO2)C1)c1ccccc1. The van der Waals surface area contributed by atoms with Crippen molar-refractivity contribution < 1.29 is 17.9 Å². The topological polar surface area (TPSA) is 55.8 Å². The molecule has 2 aliphatic rings. The summed E-state index contributed by atoms with van der Waals surface area (Å²) >= 11 is 0. The maximum atomic E-state index is 12.3. The van der Waals surface area contributed by atoms with E-state index in [1.54, 1.807) is 24.3 Å². The molecule has 2 atom stereocenters. The fraction of sp³-hybridized carbons (Fsp3) is 0.625. The zero-order valence-electron chi connectivity index (χ0n) is 12.7. The molecule has 0 spiro atoms. The molecule has 1 aromatic carbocycles. The van der Waals surface area contributed by atoms with Gasteiger partial charge in [-0.15, -0.1) is 0 Å². The number of benzene rings is 1. The van der Waals surface area contributed by atoms with Crippen molar-refractivity contribution >= 4 is 9.84 Å². The highest BCUT2D eigenvalue weighted by Gasteiger charge is 2.31. The molecule has 2 saturated heterocycles. The van der Waals surface area contributed by atoms with E-state index in [2.05, 4.69) is 4.90 Å². The maximum Gasteiger partial charge on any atom is 0.179 e. The fourth-order valence-electron chi connectivity index (χ4n) is 3.05. The second-order valence-corrected chi connectivity index (χ2v) is 8.00. The van der Waals surface area contributed by atoms with Crippen LogP contribution >= 0.6 is 0 Å². The molecule has 3 rings (SSSR count). The molecule has 5 nitrogen and oxygen atoms in total. The molecule has 0 bridgehead atoms. The van der Waals surface area contributed by atoms with Gasteiger partial charge in [0, 0.05) is 26.2 Å². The van der Waals surface area contributed by atoms with Gasteiger partial charge in [0.15, 0.2) is 9.84 Å². The summed E-state index contributed by atoms with van der Waals surface area (Å²) in [6.45, 7) is 3.55. The van der Waals surface area contributed by atoms with Crippen molar-refractivity contribution in [1.29, 1.82) is 0 Å². The molecule has 0 N–H and O–H groups in total. The van der Waals surface area contributed by atoms with Crippen molar-refractivity contribution in [3.63, 3.8) is 0 Å². The van der Waals surface area contributed by atoms with Gasteiger partial charge in [-0.05, 0) is 25.0 Å². The standard InChI is InChI=1S/C16H23NO4S/c18-22(19,14-5-2-1-3-6-14)12-9-17-8-11-21-16(13-17)15-7-4-10-20-15/h1-3,5-6,15-16H,4,7-13H2/t15-,16+/m1/s1. The largest absolute Gasteiger partial charge is 0.375 e. The number of morpholine rings is 1. The molecular weight excluding hydrogens is 302 g/mol. The van der Waals surface area contributed by atoms with Crippen molar-refractivity contribution in [3.8, 4) is 0 Å². The summed E-state index contributed by atoms with van der Waals surface area (Å²) in [6.07, 6.45) is 2.39. The lowest BCUT2D eigenvalue weighted by molar-refractivity contribution is -0.0930. The van der Waals surface area contributed by atoms with Gasteiger partial charge in [0.05, 0.1) is 29.5 Å². The molecule has 0 amide bonds. The molecule has 0 unspecified atom stereocenters. The monoisotopic (exact) mass is 325 g/mol. The minimum absolute atomic E-state index is 0.0793. The van der Waals surface area contributed by atoms with E-state index < -0.39 is 9.84 Å². The summed E-state index contributed by atoms with van der Waals surface area (Å²) in [5, 5.41) is 0. The number of ether oxygens (including phenoxy) is 2. The Balaban J connectivity index is 1.54. The molecular formula is C16H23NO4S. The number of hydrogen-bond acceptors (Lipinski definition) is 5. The molecule has 0 saturated carbocycles. The van der Waals surface area contributed by atoms with Crippen molar-refractivity contribution in [3.05, 3.63) is 30.3 Å². The average molecular weight is 325 g/mol. The number of sulfone groups is 1. The first-order chi connectivity index (χ1) is 10.6. The van der Waals surface area contributed by atoms with E-state index in [-0.39, 0.29) is 18.0 Å². The van der Waals surface area contributed by atoms with Crippen molar-refractivity contribution in [2.24, 2.45) is 0 Å². The third-order valence-corrected chi connectivity index (χ3v) is 6.05. The molecule has 1 aromatic rings. The zero-order chi connectivity index (χ0) is 15.4. The second-order valence-electron chi connectivity index (χ2n) is 5.89. The molecule has 0 radical (unpaired) electrons. The molecule has 0 aliphatic carbocycles. The van der Waals surface area contributed by atoms with Crippen molar-refractivity contribution in [2.75, 3.05) is 38.6 Å². The Kier molecular flexibility index (Phi) is 5.13. The van der Waals surface area contributed by atoms with Gasteiger partial charge in [-0.1, -0.05) is 18.2 Å². The summed E-state index contributed by atoms with van der Waals surface area (Å²) in [5.74, 6) is 0.148. The molecule has 6 heteroatoms. The van der Waals surface area contributed by atoms with Crippen LogP contribution in [0.5, 0.6) is 0 Å². The van der Waals surface area contributed by atoms with E-state index in [1.165, 1.54) is 0 Å². The minimum atomic E-state index is -3.21. The Bertz CT molecular complexity index is 569. The van der Waals surface area contributed by atoms with Crippen LogP contribution in [0, 0.1) is 0 Å². The van der Waals surface area contributed by atoms with E-state index in [1.807, 2.05) is 6.07 Å². The van der Waals surface area contributed by atoms with Crippen LogP contribution in [-0.2, 0) is 19.3 Å². The summed E-state index contributed by atoms with van der Waals surface area (Å²) in [6, 6.07) is 8.66. The van der Waals surface area contributed by atoms with Crippen LogP contribution in [0.1, 0.15) is 12.8 Å². The first kappa shape index (κ1) is 15.9. The van der Waals surface area contributed by atoms with Crippen LogP contribution in [0.25, 0.3) is 0 Å². The Morgan fingerprint density at radius 3 is 2.59 bits per heavy atom. The smallest absolute Gasteiger partial charge is 0.179 e. The van der Waals surface area contributed by atoms with Gasteiger partial charge < -0.3 is 9.47 Å². The van der Waals surface area contributed by atoms with Gasteiger partial charge >= 0.3 is 0 Å². The second kappa shape index (κ2) is 7.08. The Labute approximate surface area is 132 Å². The Morgan fingerprint density at radius 1 is 1.09 bits per heavy atom. The van der Waals surface area contributed by atoms with E-state index in [0.717, 1.165) is 32.5 Å². The van der Waals surface area contributed by atoms with Gasteiger partial charge in [-0.3, -0.25) is 4.90 Å². The van der Waals surface area contributed by atoms with Crippen LogP contribution in [0.4, 0.5) is 0 Å². The van der Waals surface area contributed by atoms with Gasteiger partial charge in [-0.2, -0.15) is 0 Å². The van der Waals surface area contributed by atoms with E-state index in [9.17, 15) is 8.42 Å². The average Bonchev–Trinajstić information content (AvgIpc) is 3.09. The first-order valence-electron chi connectivity index (χ1n) is 7.88.